The minimum absolute atomic E-state index is 0.190. The molecule has 0 aliphatic carbocycles. The van der Waals surface area contributed by atoms with Crippen molar-refractivity contribution in [3.05, 3.63) is 0 Å². The molecule has 0 aliphatic rings. The second kappa shape index (κ2) is 8.44. The highest BCUT2D eigenvalue weighted by atomic mass is 16.5. The number of methoxy groups -OCH3 is 1. The predicted octanol–water partition coefficient (Wildman–Crippen LogP) is 1.27. The van der Waals surface area contributed by atoms with Crippen molar-refractivity contribution >= 4 is 5.97 Å². The maximum Gasteiger partial charge on any atom is 0.323 e. The molecule has 0 amide bonds. The molecule has 102 valence electrons. The van der Waals surface area contributed by atoms with E-state index in [1.807, 2.05) is 20.8 Å². The van der Waals surface area contributed by atoms with Gasteiger partial charge in [-0.3, -0.25) is 4.79 Å². The van der Waals surface area contributed by atoms with Crippen LogP contribution in [-0.2, 0) is 14.3 Å². The van der Waals surface area contributed by atoms with Gasteiger partial charge < -0.3 is 19.9 Å². The van der Waals surface area contributed by atoms with Crippen molar-refractivity contribution in [1.82, 2.24) is 5.32 Å². The van der Waals surface area contributed by atoms with E-state index in [9.17, 15) is 4.79 Å². The minimum Gasteiger partial charge on any atom is -0.480 e. The molecule has 0 spiro atoms. The van der Waals surface area contributed by atoms with Crippen molar-refractivity contribution in [3.8, 4) is 0 Å². The predicted molar refractivity (Wildman–Crippen MR) is 66.2 cm³/mol. The Balaban J connectivity index is 3.79. The highest BCUT2D eigenvalue weighted by molar-refractivity contribution is 5.73. The van der Waals surface area contributed by atoms with Gasteiger partial charge in [0.2, 0.25) is 0 Å². The average Bonchev–Trinajstić information content (AvgIpc) is 2.27. The fourth-order valence-corrected chi connectivity index (χ4v) is 1.16. The van der Waals surface area contributed by atoms with E-state index >= 15 is 0 Å². The highest BCUT2D eigenvalue weighted by Crippen LogP contribution is 2.12. The Kier molecular flexibility index (Phi) is 8.12. The first kappa shape index (κ1) is 16.4. The molecule has 0 heterocycles. The molecule has 5 heteroatoms. The fraction of sp³-hybridized carbons (Fsp3) is 0.917. The highest BCUT2D eigenvalue weighted by Gasteiger charge is 2.18. The van der Waals surface area contributed by atoms with Crippen LogP contribution in [0.4, 0.5) is 0 Å². The summed E-state index contributed by atoms with van der Waals surface area (Å²) in [5.74, 6) is -0.871. The lowest BCUT2D eigenvalue weighted by Gasteiger charge is -2.23. The van der Waals surface area contributed by atoms with Crippen LogP contribution < -0.4 is 5.32 Å². The molecule has 0 aromatic heterocycles. The zero-order chi connectivity index (χ0) is 13.3. The lowest BCUT2D eigenvalue weighted by atomic mass is 10.1. The molecule has 17 heavy (non-hydrogen) atoms. The first-order valence-corrected chi connectivity index (χ1v) is 6.02. The number of hydrogen-bond donors (Lipinski definition) is 2. The number of nitrogens with one attached hydrogen (secondary N) is 1. The van der Waals surface area contributed by atoms with E-state index < -0.39 is 12.0 Å². The number of rotatable bonds is 10. The summed E-state index contributed by atoms with van der Waals surface area (Å²) in [7, 11) is 1.66. The molecule has 0 aromatic rings. The summed E-state index contributed by atoms with van der Waals surface area (Å²) in [5.41, 5.74) is -0.227. The third kappa shape index (κ3) is 8.12. The van der Waals surface area contributed by atoms with Crippen molar-refractivity contribution in [2.24, 2.45) is 0 Å². The van der Waals surface area contributed by atoms with Gasteiger partial charge >= 0.3 is 5.97 Å². The van der Waals surface area contributed by atoms with Gasteiger partial charge in [0.25, 0.3) is 0 Å². The second-order valence-corrected chi connectivity index (χ2v) is 4.63. The van der Waals surface area contributed by atoms with Crippen LogP contribution in [0.5, 0.6) is 0 Å². The molecule has 0 saturated carbocycles. The lowest BCUT2D eigenvalue weighted by Crippen LogP contribution is -2.41. The summed E-state index contributed by atoms with van der Waals surface area (Å²) in [6, 6.07) is -0.624. The molecule has 1 unspecified atom stereocenters. The quantitative estimate of drug-likeness (QED) is 0.569. The largest absolute Gasteiger partial charge is 0.480 e. The molecule has 0 aromatic carbocycles. The van der Waals surface area contributed by atoms with Crippen molar-refractivity contribution in [1.29, 1.82) is 0 Å². The van der Waals surface area contributed by atoms with Crippen LogP contribution in [0.2, 0.25) is 0 Å². The normalized spacial score (nSPS) is 13.6. The van der Waals surface area contributed by atoms with E-state index in [1.165, 1.54) is 0 Å². The van der Waals surface area contributed by atoms with Crippen LogP contribution in [-0.4, -0.2) is 49.6 Å². The van der Waals surface area contributed by atoms with Crippen LogP contribution >= 0.6 is 0 Å². The topological polar surface area (TPSA) is 67.8 Å². The monoisotopic (exact) mass is 247 g/mol. The maximum absolute atomic E-state index is 10.9. The fourth-order valence-electron chi connectivity index (χ4n) is 1.16. The molecule has 0 fully saturated rings. The average molecular weight is 247 g/mol. The van der Waals surface area contributed by atoms with Gasteiger partial charge in [-0.05, 0) is 33.2 Å². The Morgan fingerprint density at radius 3 is 2.59 bits per heavy atom. The number of hydrogen-bond acceptors (Lipinski definition) is 4. The van der Waals surface area contributed by atoms with E-state index in [0.717, 1.165) is 12.8 Å². The number of carbonyl (C=O) groups is 1. The summed E-state index contributed by atoms with van der Waals surface area (Å²) in [4.78, 5) is 10.9. The molecule has 0 saturated heterocycles. The van der Waals surface area contributed by atoms with E-state index in [0.29, 0.717) is 13.2 Å². The zero-order valence-electron chi connectivity index (χ0n) is 11.3. The molecule has 0 rings (SSSR count). The van der Waals surface area contributed by atoms with Crippen LogP contribution in [0, 0.1) is 0 Å². The third-order valence-corrected chi connectivity index (χ3v) is 2.62. The van der Waals surface area contributed by atoms with Crippen LogP contribution in [0.15, 0.2) is 0 Å². The molecule has 1 atom stereocenters. The standard InChI is InChI=1S/C12H25NO4/c1-5-7-13-10(11(14)15)9-17-8-6-12(2,3)16-4/h10,13H,5-9H2,1-4H3,(H,14,15). The Hall–Kier alpha value is -0.650. The van der Waals surface area contributed by atoms with Gasteiger partial charge in [0.1, 0.15) is 6.04 Å². The summed E-state index contributed by atoms with van der Waals surface area (Å²) < 4.78 is 10.6. The van der Waals surface area contributed by atoms with Gasteiger partial charge in [-0.2, -0.15) is 0 Å². The summed E-state index contributed by atoms with van der Waals surface area (Å²) in [6.07, 6.45) is 1.64. The molecular formula is C12H25NO4. The van der Waals surface area contributed by atoms with Crippen molar-refractivity contribution in [3.63, 3.8) is 0 Å². The van der Waals surface area contributed by atoms with Crippen molar-refractivity contribution in [2.75, 3.05) is 26.9 Å². The van der Waals surface area contributed by atoms with Crippen molar-refractivity contribution < 1.29 is 19.4 Å². The van der Waals surface area contributed by atoms with E-state index in [2.05, 4.69) is 5.32 Å². The number of aliphatic carboxylic acids is 1. The second-order valence-electron chi connectivity index (χ2n) is 4.63. The first-order valence-electron chi connectivity index (χ1n) is 6.02. The Morgan fingerprint density at radius 2 is 2.12 bits per heavy atom. The van der Waals surface area contributed by atoms with Crippen LogP contribution in [0.25, 0.3) is 0 Å². The Morgan fingerprint density at radius 1 is 1.47 bits per heavy atom. The number of ether oxygens (including phenoxy) is 2. The Labute approximate surface area is 103 Å². The molecule has 2 N–H and O–H groups in total. The SMILES string of the molecule is CCCNC(COCCC(C)(C)OC)C(=O)O. The summed E-state index contributed by atoms with van der Waals surface area (Å²) in [6.45, 7) is 7.31. The van der Waals surface area contributed by atoms with E-state index in [4.69, 9.17) is 14.6 Å². The van der Waals surface area contributed by atoms with E-state index in [1.54, 1.807) is 7.11 Å². The van der Waals surface area contributed by atoms with Crippen LogP contribution in [0.1, 0.15) is 33.6 Å². The smallest absolute Gasteiger partial charge is 0.323 e. The van der Waals surface area contributed by atoms with Gasteiger partial charge in [0.15, 0.2) is 0 Å². The molecule has 5 nitrogen and oxygen atoms in total. The van der Waals surface area contributed by atoms with Gasteiger partial charge in [-0.25, -0.2) is 0 Å². The van der Waals surface area contributed by atoms with Gasteiger partial charge in [-0.15, -0.1) is 0 Å². The minimum atomic E-state index is -0.871. The third-order valence-electron chi connectivity index (χ3n) is 2.62. The number of carboxylic acids is 1. The van der Waals surface area contributed by atoms with E-state index in [-0.39, 0.29) is 12.2 Å². The van der Waals surface area contributed by atoms with Gasteiger partial charge in [-0.1, -0.05) is 6.92 Å². The maximum atomic E-state index is 10.9. The summed E-state index contributed by atoms with van der Waals surface area (Å²) in [5, 5.41) is 11.9. The molecule has 0 aliphatic heterocycles. The first-order chi connectivity index (χ1) is 7.93. The van der Waals surface area contributed by atoms with Gasteiger partial charge in [0.05, 0.1) is 12.2 Å². The number of carboxylic acid groups (broad SMARTS) is 1. The van der Waals surface area contributed by atoms with Gasteiger partial charge in [0, 0.05) is 13.7 Å². The lowest BCUT2D eigenvalue weighted by molar-refractivity contribution is -0.141. The molecular weight excluding hydrogens is 222 g/mol. The Bertz CT molecular complexity index is 219. The zero-order valence-corrected chi connectivity index (χ0v) is 11.3. The van der Waals surface area contributed by atoms with Crippen molar-refractivity contribution in [2.45, 2.75) is 45.3 Å². The molecule has 0 bridgehead atoms. The molecule has 0 radical (unpaired) electrons. The van der Waals surface area contributed by atoms with Crippen LogP contribution in [0.3, 0.4) is 0 Å². The summed E-state index contributed by atoms with van der Waals surface area (Å²) >= 11 is 0.